The Balaban J connectivity index is 2.03. The molecule has 0 fully saturated rings. The van der Waals surface area contributed by atoms with Crippen LogP contribution < -0.4 is 0 Å². The largest absolute Gasteiger partial charge is 0.273 e. The lowest BCUT2D eigenvalue weighted by Gasteiger charge is -2.11. The van der Waals surface area contributed by atoms with E-state index in [1.807, 2.05) is 24.3 Å². The van der Waals surface area contributed by atoms with Crippen LogP contribution in [0.5, 0.6) is 0 Å². The van der Waals surface area contributed by atoms with Crippen LogP contribution in [0.4, 0.5) is 0 Å². The van der Waals surface area contributed by atoms with Gasteiger partial charge < -0.3 is 0 Å². The van der Waals surface area contributed by atoms with Gasteiger partial charge in [0.15, 0.2) is 0 Å². The van der Waals surface area contributed by atoms with Gasteiger partial charge in [0, 0.05) is 10.7 Å². The standard InChI is InChI=1S/C13H15ClN2O/c1-2-3-12-8-13(17)16(15-12)9-10-4-6-11(14)7-5-10/h4-7H,2-3,8-9H2,1H3. The number of rotatable bonds is 4. The average molecular weight is 251 g/mol. The molecule has 90 valence electrons. The highest BCUT2D eigenvalue weighted by Crippen LogP contribution is 2.17. The van der Waals surface area contributed by atoms with E-state index in [1.165, 1.54) is 0 Å². The molecular weight excluding hydrogens is 236 g/mol. The highest BCUT2D eigenvalue weighted by Gasteiger charge is 2.22. The Hall–Kier alpha value is -1.35. The molecule has 0 unspecified atom stereocenters. The smallest absolute Gasteiger partial charge is 0.248 e. The third-order valence-electron chi connectivity index (χ3n) is 2.69. The molecule has 1 amide bonds. The highest BCUT2D eigenvalue weighted by atomic mass is 35.5. The van der Waals surface area contributed by atoms with Gasteiger partial charge >= 0.3 is 0 Å². The first-order valence-corrected chi connectivity index (χ1v) is 6.18. The van der Waals surface area contributed by atoms with Crippen molar-refractivity contribution in [3.63, 3.8) is 0 Å². The van der Waals surface area contributed by atoms with E-state index < -0.39 is 0 Å². The molecule has 1 aromatic carbocycles. The molecule has 1 aliphatic rings. The molecule has 1 heterocycles. The summed E-state index contributed by atoms with van der Waals surface area (Å²) in [7, 11) is 0. The van der Waals surface area contributed by atoms with Crippen molar-refractivity contribution >= 4 is 23.2 Å². The van der Waals surface area contributed by atoms with Gasteiger partial charge in [-0.05, 0) is 24.1 Å². The van der Waals surface area contributed by atoms with Crippen molar-refractivity contribution in [3.8, 4) is 0 Å². The highest BCUT2D eigenvalue weighted by molar-refractivity contribution is 6.30. The minimum atomic E-state index is 0.0865. The summed E-state index contributed by atoms with van der Waals surface area (Å²) in [4.78, 5) is 11.7. The van der Waals surface area contributed by atoms with Gasteiger partial charge in [0.2, 0.25) is 5.91 Å². The van der Waals surface area contributed by atoms with Crippen molar-refractivity contribution in [2.24, 2.45) is 5.10 Å². The fourth-order valence-corrected chi connectivity index (χ4v) is 1.97. The van der Waals surface area contributed by atoms with Crippen LogP contribution >= 0.6 is 11.6 Å². The van der Waals surface area contributed by atoms with Crippen molar-refractivity contribution in [3.05, 3.63) is 34.9 Å². The molecule has 1 aliphatic heterocycles. The summed E-state index contributed by atoms with van der Waals surface area (Å²) in [5.41, 5.74) is 2.04. The topological polar surface area (TPSA) is 32.7 Å². The van der Waals surface area contributed by atoms with Gasteiger partial charge in [-0.2, -0.15) is 5.10 Å². The van der Waals surface area contributed by atoms with Crippen LogP contribution in [0.3, 0.4) is 0 Å². The molecule has 2 rings (SSSR count). The van der Waals surface area contributed by atoms with E-state index in [0.717, 1.165) is 24.1 Å². The van der Waals surface area contributed by atoms with Crippen molar-refractivity contribution in [2.75, 3.05) is 0 Å². The molecule has 0 spiro atoms. The Kier molecular flexibility index (Phi) is 3.79. The number of benzene rings is 1. The van der Waals surface area contributed by atoms with Crippen LogP contribution in [0.2, 0.25) is 5.02 Å². The second-order valence-corrected chi connectivity index (χ2v) is 4.61. The van der Waals surface area contributed by atoms with E-state index in [4.69, 9.17) is 11.6 Å². The molecule has 1 aromatic rings. The molecular formula is C13H15ClN2O. The number of carbonyl (C=O) groups is 1. The van der Waals surface area contributed by atoms with Crippen LogP contribution in [0.15, 0.2) is 29.4 Å². The number of halogens is 1. The maximum absolute atomic E-state index is 11.7. The zero-order valence-electron chi connectivity index (χ0n) is 9.82. The third-order valence-corrected chi connectivity index (χ3v) is 2.94. The minimum Gasteiger partial charge on any atom is -0.273 e. The number of hydrazone groups is 1. The first-order valence-electron chi connectivity index (χ1n) is 5.80. The summed E-state index contributed by atoms with van der Waals surface area (Å²) < 4.78 is 0. The van der Waals surface area contributed by atoms with E-state index in [0.29, 0.717) is 18.0 Å². The van der Waals surface area contributed by atoms with Gasteiger partial charge in [-0.25, -0.2) is 5.01 Å². The zero-order valence-corrected chi connectivity index (χ0v) is 10.6. The molecule has 0 radical (unpaired) electrons. The van der Waals surface area contributed by atoms with Gasteiger partial charge in [-0.15, -0.1) is 0 Å². The van der Waals surface area contributed by atoms with Crippen molar-refractivity contribution in [1.29, 1.82) is 0 Å². The van der Waals surface area contributed by atoms with E-state index in [9.17, 15) is 4.79 Å². The molecule has 0 aromatic heterocycles. The van der Waals surface area contributed by atoms with Crippen molar-refractivity contribution < 1.29 is 4.79 Å². The predicted molar refractivity (Wildman–Crippen MR) is 69.0 cm³/mol. The van der Waals surface area contributed by atoms with Gasteiger partial charge in [0.1, 0.15) is 0 Å². The van der Waals surface area contributed by atoms with E-state index >= 15 is 0 Å². The maximum atomic E-state index is 11.7. The van der Waals surface area contributed by atoms with Gasteiger partial charge in [0.05, 0.1) is 13.0 Å². The number of hydrogen-bond acceptors (Lipinski definition) is 2. The Labute approximate surface area is 106 Å². The number of carbonyl (C=O) groups excluding carboxylic acids is 1. The van der Waals surface area contributed by atoms with Crippen LogP contribution in [-0.2, 0) is 11.3 Å². The summed E-state index contributed by atoms with van der Waals surface area (Å²) in [5.74, 6) is 0.0865. The van der Waals surface area contributed by atoms with E-state index in [1.54, 1.807) is 5.01 Å². The van der Waals surface area contributed by atoms with Crippen LogP contribution in [0.1, 0.15) is 31.7 Å². The summed E-state index contributed by atoms with van der Waals surface area (Å²) in [6, 6.07) is 7.49. The molecule has 3 nitrogen and oxygen atoms in total. The quantitative estimate of drug-likeness (QED) is 0.808. The van der Waals surface area contributed by atoms with Crippen molar-refractivity contribution in [1.82, 2.24) is 5.01 Å². The van der Waals surface area contributed by atoms with Gasteiger partial charge in [-0.3, -0.25) is 4.79 Å². The first kappa shape index (κ1) is 12.1. The molecule has 0 saturated heterocycles. The van der Waals surface area contributed by atoms with Crippen molar-refractivity contribution in [2.45, 2.75) is 32.7 Å². The van der Waals surface area contributed by atoms with Gasteiger partial charge in [0.25, 0.3) is 0 Å². The number of hydrogen-bond donors (Lipinski definition) is 0. The zero-order chi connectivity index (χ0) is 12.3. The molecule has 0 atom stereocenters. The Morgan fingerprint density at radius 3 is 2.71 bits per heavy atom. The number of amides is 1. The Morgan fingerprint density at radius 2 is 2.06 bits per heavy atom. The van der Waals surface area contributed by atoms with E-state index in [2.05, 4.69) is 12.0 Å². The van der Waals surface area contributed by atoms with Crippen LogP contribution in [0, 0.1) is 0 Å². The molecule has 0 aliphatic carbocycles. The molecule has 0 bridgehead atoms. The van der Waals surface area contributed by atoms with Crippen LogP contribution in [-0.4, -0.2) is 16.6 Å². The molecule has 17 heavy (non-hydrogen) atoms. The minimum absolute atomic E-state index is 0.0865. The average Bonchev–Trinajstić information content (AvgIpc) is 2.63. The van der Waals surface area contributed by atoms with E-state index in [-0.39, 0.29) is 5.91 Å². The fraction of sp³-hybridized carbons (Fsp3) is 0.385. The SMILES string of the molecule is CCCC1=NN(Cc2ccc(Cl)cc2)C(=O)C1. The molecule has 0 N–H and O–H groups in total. The fourth-order valence-electron chi connectivity index (χ4n) is 1.84. The maximum Gasteiger partial charge on any atom is 0.248 e. The second-order valence-electron chi connectivity index (χ2n) is 4.17. The summed E-state index contributed by atoms with van der Waals surface area (Å²) in [5, 5.41) is 6.60. The molecule has 4 heteroatoms. The summed E-state index contributed by atoms with van der Waals surface area (Å²) in [6.07, 6.45) is 2.41. The lowest BCUT2D eigenvalue weighted by Crippen LogP contribution is -2.19. The lowest BCUT2D eigenvalue weighted by molar-refractivity contribution is -0.129. The van der Waals surface area contributed by atoms with Gasteiger partial charge in [-0.1, -0.05) is 37.1 Å². The summed E-state index contributed by atoms with van der Waals surface area (Å²) >= 11 is 5.81. The molecule has 0 saturated carbocycles. The van der Waals surface area contributed by atoms with Crippen LogP contribution in [0.25, 0.3) is 0 Å². The first-order chi connectivity index (χ1) is 8.19. The Bertz CT molecular complexity index is 439. The normalized spacial score (nSPS) is 15.3. The monoisotopic (exact) mass is 250 g/mol. The lowest BCUT2D eigenvalue weighted by atomic mass is 10.2. The second kappa shape index (κ2) is 5.32. The number of nitrogens with zero attached hydrogens (tertiary/aromatic N) is 2. The Morgan fingerprint density at radius 1 is 1.35 bits per heavy atom. The predicted octanol–water partition coefficient (Wildman–Crippen LogP) is 3.23. The third kappa shape index (κ3) is 3.07. The summed E-state index contributed by atoms with van der Waals surface area (Å²) in [6.45, 7) is 2.62.